The fraction of sp³-hybridized carbons (Fsp3) is 0.893. The number of amides is 1. The molecular weight excluding hydrogens is 462 g/mol. The predicted octanol–water partition coefficient (Wildman–Crippen LogP) is 6.72. The van der Waals surface area contributed by atoms with Crippen LogP contribution in [-0.2, 0) is 23.9 Å². The van der Waals surface area contributed by atoms with Crippen LogP contribution in [0.15, 0.2) is 0 Å². The van der Waals surface area contributed by atoms with Gasteiger partial charge in [-0.2, -0.15) is 11.8 Å². The molecule has 35 heavy (non-hydrogen) atoms. The van der Waals surface area contributed by atoms with Crippen LogP contribution in [0.25, 0.3) is 0 Å². The summed E-state index contributed by atoms with van der Waals surface area (Å²) in [6.07, 6.45) is 18.5. The Bertz CT molecular complexity index is 586. The van der Waals surface area contributed by atoms with Crippen molar-refractivity contribution in [1.82, 2.24) is 0 Å². The molecule has 1 amide bonds. The molecule has 3 atom stereocenters. The summed E-state index contributed by atoms with van der Waals surface area (Å²) < 4.78 is 11.3. The topological polar surface area (TPSA) is 95.7 Å². The van der Waals surface area contributed by atoms with E-state index in [1.165, 1.54) is 57.8 Å². The molecule has 1 saturated heterocycles. The molecule has 0 bridgehead atoms. The minimum absolute atomic E-state index is 0.0412. The smallest absolute Gasteiger partial charge is 0.313 e. The fourth-order valence-electron chi connectivity index (χ4n) is 4.55. The lowest BCUT2D eigenvalue weighted by atomic mass is 9.86. The van der Waals surface area contributed by atoms with Crippen molar-refractivity contribution in [3.8, 4) is 0 Å². The van der Waals surface area contributed by atoms with E-state index in [0.29, 0.717) is 30.8 Å². The van der Waals surface area contributed by atoms with Crippen LogP contribution in [0.2, 0.25) is 0 Å². The number of thioether (sulfide) groups is 1. The molecule has 0 spiro atoms. The number of carbonyl (C=O) groups excluding carboxylic acids is 3. The molecule has 1 fully saturated rings. The van der Waals surface area contributed by atoms with E-state index in [9.17, 15) is 14.4 Å². The second-order valence-electron chi connectivity index (χ2n) is 9.97. The maximum atomic E-state index is 12.5. The van der Waals surface area contributed by atoms with Crippen LogP contribution < -0.4 is 5.73 Å². The third kappa shape index (κ3) is 16.2. The molecule has 0 radical (unpaired) electrons. The molecule has 204 valence electrons. The summed E-state index contributed by atoms with van der Waals surface area (Å²) in [6.45, 7) is 4.42. The van der Waals surface area contributed by atoms with Gasteiger partial charge in [0.25, 0.3) is 0 Å². The predicted molar refractivity (Wildman–Crippen MR) is 144 cm³/mol. The van der Waals surface area contributed by atoms with Crippen molar-refractivity contribution in [3.05, 3.63) is 0 Å². The molecule has 1 rings (SSSR count). The van der Waals surface area contributed by atoms with Crippen LogP contribution in [-0.4, -0.2) is 41.6 Å². The van der Waals surface area contributed by atoms with Crippen LogP contribution in [0.1, 0.15) is 129 Å². The van der Waals surface area contributed by atoms with Gasteiger partial charge in [0.15, 0.2) is 0 Å². The van der Waals surface area contributed by atoms with Crippen LogP contribution in [0.4, 0.5) is 0 Å². The van der Waals surface area contributed by atoms with Gasteiger partial charge in [-0.3, -0.25) is 14.4 Å². The molecular formula is C28H51NO5S. The van der Waals surface area contributed by atoms with Crippen molar-refractivity contribution in [2.24, 2.45) is 11.7 Å². The van der Waals surface area contributed by atoms with E-state index in [4.69, 9.17) is 15.2 Å². The number of hydrogen-bond donors (Lipinski definition) is 1. The Morgan fingerprint density at radius 2 is 1.46 bits per heavy atom. The van der Waals surface area contributed by atoms with Gasteiger partial charge >= 0.3 is 11.9 Å². The van der Waals surface area contributed by atoms with Gasteiger partial charge in [-0.05, 0) is 19.3 Å². The third-order valence-electron chi connectivity index (χ3n) is 6.75. The highest BCUT2D eigenvalue weighted by Gasteiger charge is 2.43. The Labute approximate surface area is 218 Å². The van der Waals surface area contributed by atoms with Crippen molar-refractivity contribution in [3.63, 3.8) is 0 Å². The Hall–Kier alpha value is -1.24. The second-order valence-corrected chi connectivity index (χ2v) is 11.2. The van der Waals surface area contributed by atoms with E-state index >= 15 is 0 Å². The molecule has 0 aromatic heterocycles. The first-order valence-electron chi connectivity index (χ1n) is 14.2. The molecule has 6 nitrogen and oxygen atoms in total. The van der Waals surface area contributed by atoms with E-state index in [2.05, 4.69) is 13.8 Å². The summed E-state index contributed by atoms with van der Waals surface area (Å²) in [7, 11) is 0. The average molecular weight is 514 g/mol. The van der Waals surface area contributed by atoms with E-state index in [0.717, 1.165) is 38.5 Å². The van der Waals surface area contributed by atoms with Crippen LogP contribution >= 0.6 is 11.8 Å². The first-order chi connectivity index (χ1) is 17.0. The van der Waals surface area contributed by atoms with Gasteiger partial charge in [0.05, 0.1) is 12.3 Å². The lowest BCUT2D eigenvalue weighted by Crippen LogP contribution is -2.47. The van der Waals surface area contributed by atoms with Crippen LogP contribution in [0.5, 0.6) is 0 Å². The monoisotopic (exact) mass is 513 g/mol. The number of cyclic esters (lactones) is 1. The van der Waals surface area contributed by atoms with Gasteiger partial charge in [0, 0.05) is 24.3 Å². The van der Waals surface area contributed by atoms with Gasteiger partial charge < -0.3 is 15.2 Å². The summed E-state index contributed by atoms with van der Waals surface area (Å²) in [4.78, 5) is 35.3. The number of carbonyl (C=O) groups is 3. The molecule has 0 aromatic rings. The lowest BCUT2D eigenvalue weighted by Gasteiger charge is -2.37. The highest BCUT2D eigenvalue weighted by Crippen LogP contribution is 2.32. The molecule has 7 heteroatoms. The van der Waals surface area contributed by atoms with Gasteiger partial charge in [0.1, 0.15) is 12.2 Å². The molecule has 1 heterocycles. The zero-order valence-electron chi connectivity index (χ0n) is 22.4. The number of ether oxygens (including phenoxy) is 2. The number of nitrogens with two attached hydrogens (primary N) is 1. The van der Waals surface area contributed by atoms with E-state index in [1.54, 1.807) is 11.8 Å². The molecule has 1 aliphatic heterocycles. The van der Waals surface area contributed by atoms with Gasteiger partial charge in [-0.15, -0.1) is 0 Å². The van der Waals surface area contributed by atoms with Crippen molar-refractivity contribution in [1.29, 1.82) is 0 Å². The molecule has 1 unspecified atom stereocenters. The van der Waals surface area contributed by atoms with Gasteiger partial charge in [0.2, 0.25) is 5.91 Å². The molecule has 0 saturated carbocycles. The Morgan fingerprint density at radius 3 is 2.06 bits per heavy atom. The van der Waals surface area contributed by atoms with E-state index < -0.39 is 0 Å². The third-order valence-corrected chi connectivity index (χ3v) is 7.74. The maximum absolute atomic E-state index is 12.5. The highest BCUT2D eigenvalue weighted by atomic mass is 32.2. The summed E-state index contributed by atoms with van der Waals surface area (Å²) in [6, 6.07) is 0. The minimum atomic E-state index is -0.319. The number of esters is 2. The second kappa shape index (κ2) is 20.9. The number of unbranched alkanes of at least 4 members (excludes halogenated alkanes) is 11. The molecule has 2 N–H and O–H groups in total. The first kappa shape index (κ1) is 31.8. The Morgan fingerprint density at radius 1 is 0.886 bits per heavy atom. The van der Waals surface area contributed by atoms with Crippen molar-refractivity contribution in [2.45, 2.75) is 142 Å². The average Bonchev–Trinajstić information content (AvgIpc) is 2.82. The minimum Gasteiger partial charge on any atom is -0.462 e. The summed E-state index contributed by atoms with van der Waals surface area (Å²) in [5, 5.41) is 0. The molecule has 0 aliphatic carbocycles. The van der Waals surface area contributed by atoms with Crippen LogP contribution in [0.3, 0.4) is 0 Å². The van der Waals surface area contributed by atoms with E-state index in [-0.39, 0.29) is 36.0 Å². The van der Waals surface area contributed by atoms with Gasteiger partial charge in [-0.1, -0.05) is 90.9 Å². The Kier molecular flexibility index (Phi) is 19.0. The van der Waals surface area contributed by atoms with Crippen molar-refractivity contribution in [2.75, 3.05) is 11.5 Å². The normalized spacial score (nSPS) is 18.1. The van der Waals surface area contributed by atoms with Crippen molar-refractivity contribution < 1.29 is 23.9 Å². The summed E-state index contributed by atoms with van der Waals surface area (Å²) >= 11 is 1.54. The number of rotatable bonds is 24. The van der Waals surface area contributed by atoms with Gasteiger partial charge in [-0.25, -0.2) is 0 Å². The zero-order valence-corrected chi connectivity index (χ0v) is 23.2. The van der Waals surface area contributed by atoms with Crippen LogP contribution in [0, 0.1) is 5.92 Å². The Balaban J connectivity index is 2.40. The number of primary amides is 1. The summed E-state index contributed by atoms with van der Waals surface area (Å²) in [5.41, 5.74) is 5.16. The quantitative estimate of drug-likeness (QED) is 0.114. The summed E-state index contributed by atoms with van der Waals surface area (Å²) in [5.74, 6) is 0.589. The zero-order chi connectivity index (χ0) is 25.7. The SMILES string of the molecule is CCCCCCCCCCCC(C[C@@H]1OC(=O)[C@H]1CCCCCC)OC(=O)CCSCCC(N)=O. The number of hydrogen-bond acceptors (Lipinski definition) is 6. The highest BCUT2D eigenvalue weighted by molar-refractivity contribution is 7.99. The molecule has 1 aliphatic rings. The standard InChI is InChI=1S/C28H51NO5S/c1-3-5-7-9-10-11-12-13-14-16-23(33-27(31)19-21-35-20-18-26(29)30)22-25-24(28(32)34-25)17-15-8-6-4-2/h23-25H,3-22H2,1-2H3,(H2,29,30)/t23?,24-,25-/m0/s1. The lowest BCUT2D eigenvalue weighted by molar-refractivity contribution is -0.190. The first-order valence-corrected chi connectivity index (χ1v) is 15.4. The van der Waals surface area contributed by atoms with E-state index in [1.807, 2.05) is 0 Å². The fourth-order valence-corrected chi connectivity index (χ4v) is 5.41. The largest absolute Gasteiger partial charge is 0.462 e. The molecule has 0 aromatic carbocycles. The maximum Gasteiger partial charge on any atom is 0.313 e. The van der Waals surface area contributed by atoms with Crippen molar-refractivity contribution >= 4 is 29.6 Å².